The lowest BCUT2D eigenvalue weighted by Gasteiger charge is -2.19. The van der Waals surface area contributed by atoms with Crippen molar-refractivity contribution in [1.82, 2.24) is 5.32 Å². The van der Waals surface area contributed by atoms with Crippen molar-refractivity contribution in [3.05, 3.63) is 47.5 Å². The lowest BCUT2D eigenvalue weighted by atomic mass is 10.1. The van der Waals surface area contributed by atoms with Gasteiger partial charge < -0.3 is 29.9 Å². The Morgan fingerprint density at radius 1 is 1.03 bits per heavy atom. The average Bonchev–Trinajstić information content (AvgIpc) is 2.78. The van der Waals surface area contributed by atoms with E-state index in [4.69, 9.17) is 14.5 Å². The van der Waals surface area contributed by atoms with Crippen molar-refractivity contribution < 1.29 is 43.7 Å². The molecular formula is C25H34N3O9P. The van der Waals surface area contributed by atoms with E-state index in [1.54, 1.807) is 20.8 Å². The number of alkyl carbamates (subject to hydrolysis) is 1. The van der Waals surface area contributed by atoms with Crippen LogP contribution in [-0.4, -0.2) is 68.4 Å². The first-order valence-electron chi connectivity index (χ1n) is 11.8. The van der Waals surface area contributed by atoms with E-state index >= 15 is 0 Å². The summed E-state index contributed by atoms with van der Waals surface area (Å²) in [5.41, 5.74) is -0.0775. The number of rotatable bonds is 12. The van der Waals surface area contributed by atoms with Gasteiger partial charge in [-0.25, -0.2) is 9.36 Å². The predicted molar refractivity (Wildman–Crippen MR) is 142 cm³/mol. The number of carbonyl (C=O) groups is 1. The summed E-state index contributed by atoms with van der Waals surface area (Å²) in [6.07, 6.45) is 4.16. The third kappa shape index (κ3) is 12.1. The molecule has 2 aromatic rings. The number of hydrogen-bond acceptors (Lipinski definition) is 9. The number of amides is 1. The molecule has 0 aliphatic rings. The maximum atomic E-state index is 11.8. The third-order valence-corrected chi connectivity index (χ3v) is 5.29. The highest BCUT2D eigenvalue weighted by atomic mass is 31.2. The van der Waals surface area contributed by atoms with Crippen LogP contribution in [0, 0.1) is 0 Å². The molecule has 1 amide bonds. The first-order chi connectivity index (χ1) is 17.7. The Labute approximate surface area is 220 Å². The molecule has 0 aliphatic carbocycles. The van der Waals surface area contributed by atoms with Crippen molar-refractivity contribution in [2.24, 2.45) is 9.98 Å². The van der Waals surface area contributed by atoms with Gasteiger partial charge in [-0.1, -0.05) is 0 Å². The summed E-state index contributed by atoms with van der Waals surface area (Å²) < 4.78 is 20.8. The number of nitrogens with one attached hydrogen (secondary N) is 1. The predicted octanol–water partition coefficient (Wildman–Crippen LogP) is 3.88. The van der Waals surface area contributed by atoms with Crippen LogP contribution in [0.1, 0.15) is 51.2 Å². The molecule has 2 rings (SSSR count). The number of phenols is 3. The SMILES string of the molecule is CC(C)(C)OC(=O)NCCCCC(CN=Cc1cc(OP(=O)(O)O)ccc1O)N=Cc1cc(O)ccc1O. The molecule has 0 spiro atoms. The normalized spacial score (nSPS) is 13.1. The van der Waals surface area contributed by atoms with Gasteiger partial charge in [0.05, 0.1) is 12.6 Å². The zero-order valence-corrected chi connectivity index (χ0v) is 22.3. The van der Waals surface area contributed by atoms with Gasteiger partial charge in [-0.3, -0.25) is 19.8 Å². The molecular weight excluding hydrogens is 517 g/mol. The Kier molecular flexibility index (Phi) is 11.1. The minimum absolute atomic E-state index is 0.0279. The zero-order chi connectivity index (χ0) is 28.3. The van der Waals surface area contributed by atoms with Gasteiger partial charge in [0.25, 0.3) is 0 Å². The fourth-order valence-electron chi connectivity index (χ4n) is 3.16. The quantitative estimate of drug-likeness (QED) is 0.0983. The van der Waals surface area contributed by atoms with Gasteiger partial charge in [0.15, 0.2) is 0 Å². The summed E-state index contributed by atoms with van der Waals surface area (Å²) in [4.78, 5) is 38.5. The summed E-state index contributed by atoms with van der Waals surface area (Å²) >= 11 is 0. The molecule has 13 heteroatoms. The molecule has 0 saturated carbocycles. The van der Waals surface area contributed by atoms with Crippen LogP contribution in [0.4, 0.5) is 4.79 Å². The van der Waals surface area contributed by atoms with E-state index < -0.39 is 19.5 Å². The molecule has 38 heavy (non-hydrogen) atoms. The molecule has 6 N–H and O–H groups in total. The molecule has 1 atom stereocenters. The van der Waals surface area contributed by atoms with Crippen LogP contribution < -0.4 is 9.84 Å². The molecule has 0 saturated heterocycles. The highest BCUT2D eigenvalue weighted by molar-refractivity contribution is 7.46. The number of benzene rings is 2. The number of unbranched alkanes of at least 4 members (excludes halogenated alkanes) is 1. The number of hydrogen-bond donors (Lipinski definition) is 6. The van der Waals surface area contributed by atoms with Crippen molar-refractivity contribution in [2.75, 3.05) is 13.1 Å². The summed E-state index contributed by atoms with van der Waals surface area (Å²) in [6.45, 7) is 5.92. The Morgan fingerprint density at radius 3 is 2.34 bits per heavy atom. The summed E-state index contributed by atoms with van der Waals surface area (Å²) in [5, 5.41) is 32.4. The minimum atomic E-state index is -4.76. The van der Waals surface area contributed by atoms with Crippen LogP contribution in [0.15, 0.2) is 46.4 Å². The van der Waals surface area contributed by atoms with Crippen LogP contribution in [0.3, 0.4) is 0 Å². The number of ether oxygens (including phenoxy) is 1. The Morgan fingerprint density at radius 2 is 1.68 bits per heavy atom. The van der Waals surface area contributed by atoms with Gasteiger partial charge in [-0.05, 0) is 76.4 Å². The lowest BCUT2D eigenvalue weighted by molar-refractivity contribution is 0.0527. The molecule has 0 aliphatic heterocycles. The fraction of sp³-hybridized carbons (Fsp3) is 0.400. The van der Waals surface area contributed by atoms with E-state index in [1.165, 1.54) is 48.8 Å². The maximum absolute atomic E-state index is 11.8. The topological polar surface area (TPSA) is 190 Å². The van der Waals surface area contributed by atoms with Gasteiger partial charge >= 0.3 is 13.9 Å². The van der Waals surface area contributed by atoms with E-state index in [9.17, 15) is 24.7 Å². The first-order valence-corrected chi connectivity index (χ1v) is 13.3. The van der Waals surface area contributed by atoms with Gasteiger partial charge in [-0.2, -0.15) is 0 Å². The number of phenolic OH excluding ortho intramolecular Hbond substituents is 3. The standard InChI is InChI=1S/C25H34N3O9P/c1-25(2,3)36-24(32)27-11-5-4-6-19(28-15-17-12-20(29)7-9-22(17)30)16-26-14-18-13-21(8-10-23(18)31)37-38(33,34)35/h7-10,12-15,19,29-31H,4-6,11,16H2,1-3H3,(H,27,32)(H2,33,34,35). The van der Waals surface area contributed by atoms with Gasteiger partial charge in [0.1, 0.15) is 28.6 Å². The molecule has 0 bridgehead atoms. The van der Waals surface area contributed by atoms with Crippen LogP contribution in [0.2, 0.25) is 0 Å². The summed E-state index contributed by atoms with van der Waals surface area (Å²) in [7, 11) is -4.76. The molecule has 208 valence electrons. The summed E-state index contributed by atoms with van der Waals surface area (Å²) in [5.74, 6) is -0.379. The van der Waals surface area contributed by atoms with Crippen LogP contribution in [-0.2, 0) is 9.30 Å². The Balaban J connectivity index is 2.06. The largest absolute Gasteiger partial charge is 0.524 e. The fourth-order valence-corrected chi connectivity index (χ4v) is 3.54. The van der Waals surface area contributed by atoms with E-state index in [2.05, 4.69) is 19.8 Å². The van der Waals surface area contributed by atoms with E-state index in [1.807, 2.05) is 0 Å². The van der Waals surface area contributed by atoms with E-state index in [-0.39, 0.29) is 41.1 Å². The highest BCUT2D eigenvalue weighted by Gasteiger charge is 2.17. The van der Waals surface area contributed by atoms with Crippen molar-refractivity contribution in [3.8, 4) is 23.0 Å². The van der Waals surface area contributed by atoms with Crippen LogP contribution in [0.5, 0.6) is 23.0 Å². The third-order valence-electron chi connectivity index (χ3n) is 4.84. The zero-order valence-electron chi connectivity index (χ0n) is 21.4. The molecule has 1 unspecified atom stereocenters. The van der Waals surface area contributed by atoms with Crippen molar-refractivity contribution in [3.63, 3.8) is 0 Å². The first kappa shape index (κ1) is 30.6. The molecule has 0 heterocycles. The molecule has 2 aromatic carbocycles. The number of phosphoric acid groups is 1. The number of carbonyl (C=O) groups excluding carboxylic acids is 1. The molecule has 0 aromatic heterocycles. The van der Waals surface area contributed by atoms with Crippen LogP contribution in [0.25, 0.3) is 0 Å². The molecule has 0 radical (unpaired) electrons. The highest BCUT2D eigenvalue weighted by Crippen LogP contribution is 2.38. The van der Waals surface area contributed by atoms with Crippen molar-refractivity contribution in [2.45, 2.75) is 51.7 Å². The van der Waals surface area contributed by atoms with Gasteiger partial charge in [-0.15, -0.1) is 0 Å². The number of aromatic hydroxyl groups is 3. The van der Waals surface area contributed by atoms with E-state index in [0.717, 1.165) is 0 Å². The smallest absolute Gasteiger partial charge is 0.508 e. The average molecular weight is 552 g/mol. The monoisotopic (exact) mass is 551 g/mol. The second kappa shape index (κ2) is 13.8. The van der Waals surface area contributed by atoms with Crippen molar-refractivity contribution >= 4 is 26.3 Å². The number of nitrogens with zero attached hydrogens (tertiary/aromatic N) is 2. The Hall–Kier alpha value is -3.60. The van der Waals surface area contributed by atoms with Crippen LogP contribution >= 0.6 is 7.82 Å². The van der Waals surface area contributed by atoms with E-state index in [0.29, 0.717) is 31.4 Å². The Bertz CT molecular complexity index is 1190. The van der Waals surface area contributed by atoms with Gasteiger partial charge in [0.2, 0.25) is 0 Å². The molecule has 12 nitrogen and oxygen atoms in total. The lowest BCUT2D eigenvalue weighted by Crippen LogP contribution is -2.33. The summed E-state index contributed by atoms with van der Waals surface area (Å²) in [6, 6.07) is 7.39. The number of phosphoric ester groups is 1. The van der Waals surface area contributed by atoms with Gasteiger partial charge in [0, 0.05) is 30.1 Å². The minimum Gasteiger partial charge on any atom is -0.508 e. The molecule has 0 fully saturated rings. The second-order valence-corrected chi connectivity index (χ2v) is 10.6. The number of aliphatic imine (C=N–C) groups is 2. The van der Waals surface area contributed by atoms with Crippen molar-refractivity contribution in [1.29, 1.82) is 0 Å². The second-order valence-electron chi connectivity index (χ2n) is 9.40. The maximum Gasteiger partial charge on any atom is 0.524 e.